The smallest absolute Gasteiger partial charge is 0.0701 e. The molecule has 6 heteroatoms. The first kappa shape index (κ1) is 58.9. The van der Waals surface area contributed by atoms with Crippen LogP contribution in [0.2, 0.25) is 0 Å². The molecule has 0 bridgehead atoms. The summed E-state index contributed by atoms with van der Waals surface area (Å²) in [5, 5.41) is 16.8. The van der Waals surface area contributed by atoms with Crippen LogP contribution in [-0.4, -0.2) is 26.4 Å². The highest BCUT2D eigenvalue weighted by Crippen LogP contribution is 2.35. The van der Waals surface area contributed by atoms with Crippen LogP contribution in [-0.2, 0) is 9.47 Å². The second-order valence-electron chi connectivity index (χ2n) is 18.6. The maximum Gasteiger partial charge on any atom is 0.0701 e. The fourth-order valence-corrected chi connectivity index (χ4v) is 18.4. The Morgan fingerprint density at radius 2 is 0.220 bits per heavy atom. The lowest BCUT2D eigenvalue weighted by atomic mass is 10.4. The summed E-state index contributed by atoms with van der Waals surface area (Å²) in [5.41, 5.74) is 0. The zero-order valence-electron chi connectivity index (χ0n) is 46.1. The molecule has 0 aromatic heterocycles. The summed E-state index contributed by atoms with van der Waals surface area (Å²) in [6.07, 6.45) is 0. The second kappa shape index (κ2) is 33.9. The van der Waals surface area contributed by atoms with Crippen molar-refractivity contribution in [1.82, 2.24) is 0 Å². The van der Waals surface area contributed by atoms with E-state index in [1.54, 1.807) is 0 Å². The Labute approximate surface area is 492 Å². The highest BCUT2D eigenvalue weighted by atomic mass is 31.1. The largest absolute Gasteiger partial charge is 0.377 e. The predicted octanol–water partition coefficient (Wildman–Crippen LogP) is 13.8. The van der Waals surface area contributed by atoms with Crippen molar-refractivity contribution in [2.24, 2.45) is 0 Å². The van der Waals surface area contributed by atoms with Gasteiger partial charge in [-0.2, -0.15) is 0 Å². The minimum absolute atomic E-state index is 0.446. The van der Waals surface area contributed by atoms with Gasteiger partial charge >= 0.3 is 0 Å². The van der Waals surface area contributed by atoms with Crippen LogP contribution in [0.15, 0.2) is 364 Å². The van der Waals surface area contributed by atoms with Crippen LogP contribution in [0.5, 0.6) is 0 Å². The van der Waals surface area contributed by atoms with Crippen molar-refractivity contribution in [3.8, 4) is 0 Å². The van der Waals surface area contributed by atoms with E-state index in [-0.39, 0.29) is 0 Å². The molecule has 13 rings (SSSR count). The van der Waals surface area contributed by atoms with Gasteiger partial charge in [-0.15, -0.1) is 0 Å². The molecule has 1 saturated heterocycles. The SMILES string of the molecule is C1COCCO1.c1ccc(P(c2ccccc2)c2ccccc2)cc1.c1ccc(P(c2ccccc2)c2ccccc2)cc1.c1ccc(P(c2ccccc2)c2ccccc2)cc1.c1ccc(P(c2ccccc2)c2ccccc2)cc1. The minimum atomic E-state index is -0.446. The van der Waals surface area contributed by atoms with Gasteiger partial charge in [-0.25, -0.2) is 0 Å². The summed E-state index contributed by atoms with van der Waals surface area (Å²) in [6.45, 7) is 3.11. The highest BCUT2D eigenvalue weighted by Gasteiger charge is 2.18. The van der Waals surface area contributed by atoms with Gasteiger partial charge in [0.05, 0.1) is 26.4 Å². The molecule has 404 valence electrons. The molecule has 2 nitrogen and oxygen atoms in total. The first-order valence-corrected chi connectivity index (χ1v) is 33.1. The Morgan fingerprint density at radius 3 is 0.293 bits per heavy atom. The van der Waals surface area contributed by atoms with Crippen molar-refractivity contribution in [2.75, 3.05) is 26.4 Å². The lowest BCUT2D eigenvalue weighted by Gasteiger charge is -2.18. The molecule has 12 aromatic carbocycles. The van der Waals surface area contributed by atoms with Crippen LogP contribution in [0.1, 0.15) is 0 Å². The number of ether oxygens (including phenoxy) is 2. The van der Waals surface area contributed by atoms with Gasteiger partial charge in [0, 0.05) is 0 Å². The average Bonchev–Trinajstić information content (AvgIpc) is 3.61. The fourth-order valence-electron chi connectivity index (χ4n) is 9.15. The summed E-state index contributed by atoms with van der Waals surface area (Å²) in [4.78, 5) is 0. The topological polar surface area (TPSA) is 18.5 Å². The van der Waals surface area contributed by atoms with Crippen LogP contribution in [0.25, 0.3) is 0 Å². The van der Waals surface area contributed by atoms with Crippen molar-refractivity contribution >= 4 is 95.3 Å². The Balaban J connectivity index is 0.000000127. The Morgan fingerprint density at radius 1 is 0.134 bits per heavy atom. The molecule has 82 heavy (non-hydrogen) atoms. The van der Waals surface area contributed by atoms with Gasteiger partial charge in [0.15, 0.2) is 0 Å². The normalized spacial score (nSPS) is 11.6. The molecule has 1 aliphatic heterocycles. The molecule has 0 atom stereocenters. The number of rotatable bonds is 12. The maximum absolute atomic E-state index is 4.94. The number of hydrogen-bond donors (Lipinski definition) is 0. The molecule has 0 aliphatic carbocycles. The molecule has 0 spiro atoms. The average molecular weight is 1140 g/mol. The van der Waals surface area contributed by atoms with E-state index in [0.717, 1.165) is 26.4 Å². The molecular weight excluding hydrogens is 1070 g/mol. The lowest BCUT2D eigenvalue weighted by molar-refractivity contribution is -0.0334. The molecule has 0 radical (unpaired) electrons. The van der Waals surface area contributed by atoms with Gasteiger partial charge in [0.2, 0.25) is 0 Å². The van der Waals surface area contributed by atoms with Gasteiger partial charge in [-0.3, -0.25) is 0 Å². The fraction of sp³-hybridized carbons (Fsp3) is 0.0526. The quantitative estimate of drug-likeness (QED) is 0.114. The monoisotopic (exact) mass is 1140 g/mol. The van der Waals surface area contributed by atoms with E-state index in [4.69, 9.17) is 9.47 Å². The first-order valence-electron chi connectivity index (χ1n) is 27.8. The molecule has 1 fully saturated rings. The zero-order chi connectivity index (χ0) is 55.9. The molecule has 1 aliphatic rings. The van der Waals surface area contributed by atoms with Gasteiger partial charge in [-0.1, -0.05) is 364 Å². The number of hydrogen-bond acceptors (Lipinski definition) is 2. The third kappa shape index (κ3) is 18.1. The third-order valence-electron chi connectivity index (χ3n) is 12.9. The van der Waals surface area contributed by atoms with Gasteiger partial charge in [0.25, 0.3) is 0 Å². The van der Waals surface area contributed by atoms with E-state index in [1.807, 2.05) is 0 Å². The summed E-state index contributed by atoms with van der Waals surface area (Å²) in [5.74, 6) is 0. The predicted molar refractivity (Wildman–Crippen MR) is 362 cm³/mol. The maximum atomic E-state index is 4.94. The van der Waals surface area contributed by atoms with E-state index >= 15 is 0 Å². The standard InChI is InChI=1S/4C18H15P.C4H8O2/c4*1-4-10-16(11-5-1)19(17-12-6-2-7-13-17)18-14-8-3-9-15-18;1-2-6-4-3-5-1/h4*1-15H;1-4H2. The van der Waals surface area contributed by atoms with Crippen LogP contribution < -0.4 is 63.7 Å². The zero-order valence-corrected chi connectivity index (χ0v) is 49.7. The van der Waals surface area contributed by atoms with Crippen molar-refractivity contribution < 1.29 is 9.47 Å². The molecule has 1 heterocycles. The van der Waals surface area contributed by atoms with Crippen LogP contribution >= 0.6 is 31.7 Å². The van der Waals surface area contributed by atoms with Crippen molar-refractivity contribution in [3.63, 3.8) is 0 Å². The second-order valence-corrected chi connectivity index (χ2v) is 27.5. The van der Waals surface area contributed by atoms with E-state index in [0.29, 0.717) is 0 Å². The molecule has 12 aromatic rings. The molecule has 0 saturated carbocycles. The summed E-state index contributed by atoms with van der Waals surface area (Å²) >= 11 is 0. The van der Waals surface area contributed by atoms with Crippen LogP contribution in [0, 0.1) is 0 Å². The molecule has 0 N–H and O–H groups in total. The Hall–Kier alpha value is -7.72. The van der Waals surface area contributed by atoms with Gasteiger partial charge in [-0.05, 0) is 95.3 Å². The van der Waals surface area contributed by atoms with Crippen molar-refractivity contribution in [3.05, 3.63) is 364 Å². The summed E-state index contributed by atoms with van der Waals surface area (Å²) < 4.78 is 9.89. The van der Waals surface area contributed by atoms with Gasteiger partial charge in [0.1, 0.15) is 0 Å². The minimum Gasteiger partial charge on any atom is -0.377 e. The van der Waals surface area contributed by atoms with Crippen molar-refractivity contribution in [1.29, 1.82) is 0 Å². The molecule has 0 unspecified atom stereocenters. The Bertz CT molecular complexity index is 2680. The summed E-state index contributed by atoms with van der Waals surface area (Å²) in [7, 11) is -1.78. The first-order chi connectivity index (χ1) is 40.8. The number of benzene rings is 12. The van der Waals surface area contributed by atoms with E-state index in [2.05, 4.69) is 364 Å². The van der Waals surface area contributed by atoms with Crippen LogP contribution in [0.4, 0.5) is 0 Å². The summed E-state index contributed by atoms with van der Waals surface area (Å²) in [6, 6.07) is 129. The Kier molecular flexibility index (Phi) is 24.4. The van der Waals surface area contributed by atoms with E-state index < -0.39 is 31.7 Å². The van der Waals surface area contributed by atoms with Gasteiger partial charge < -0.3 is 9.47 Å². The lowest BCUT2D eigenvalue weighted by Crippen LogP contribution is -2.20. The molecular formula is C76H68O2P4. The van der Waals surface area contributed by atoms with Crippen LogP contribution in [0.3, 0.4) is 0 Å². The van der Waals surface area contributed by atoms with E-state index in [9.17, 15) is 0 Å². The van der Waals surface area contributed by atoms with E-state index in [1.165, 1.54) is 63.7 Å². The molecule has 0 amide bonds. The van der Waals surface area contributed by atoms with Crippen molar-refractivity contribution in [2.45, 2.75) is 0 Å². The highest BCUT2D eigenvalue weighted by molar-refractivity contribution is 7.81. The third-order valence-corrected chi connectivity index (χ3v) is 22.7.